The Hall–Kier alpha value is -13.2. The van der Waals surface area contributed by atoms with E-state index in [-0.39, 0.29) is 0 Å². The first-order chi connectivity index (χ1) is 49.6. The van der Waals surface area contributed by atoms with Crippen LogP contribution in [0.2, 0.25) is 0 Å². The van der Waals surface area contributed by atoms with E-state index in [1.54, 1.807) is 0 Å². The van der Waals surface area contributed by atoms with Gasteiger partial charge in [-0.2, -0.15) is 0 Å². The zero-order chi connectivity index (χ0) is 66.4. The van der Waals surface area contributed by atoms with E-state index in [0.717, 1.165) is 122 Å². The molecule has 7 nitrogen and oxygen atoms in total. The quantitative estimate of drug-likeness (QED) is 0.135. The summed E-state index contributed by atoms with van der Waals surface area (Å²) in [5.74, 6) is 5.64. The maximum atomic E-state index is 6.98. The van der Waals surface area contributed by atoms with Gasteiger partial charge in [0, 0.05) is 49.9 Å². The molecule has 2 aromatic heterocycles. The molecule has 0 bridgehead atoms. The van der Waals surface area contributed by atoms with E-state index in [1.165, 1.54) is 22.3 Å². The smallest absolute Gasteiger partial charge is 0.167 e. The lowest BCUT2D eigenvalue weighted by Crippen LogP contribution is -2.34. The Balaban J connectivity index is 0.000000145. The van der Waals surface area contributed by atoms with Crippen LogP contribution in [0.3, 0.4) is 0 Å². The Kier molecular flexibility index (Phi) is 14.9. The van der Waals surface area contributed by atoms with Gasteiger partial charge in [0.2, 0.25) is 0 Å². The number of fused-ring (bicyclic) bond motifs is 7. The highest BCUT2D eigenvalue weighted by Crippen LogP contribution is 2.58. The van der Waals surface area contributed by atoms with E-state index in [9.17, 15) is 0 Å². The molecule has 470 valence electrons. The van der Waals surface area contributed by atoms with Gasteiger partial charge in [0.15, 0.2) is 23.3 Å². The second-order valence-electron chi connectivity index (χ2n) is 25.3. The zero-order valence-corrected chi connectivity index (χ0v) is 54.3. The SMILES string of the molecule is c1ccc(-c2ccc(-c3nc(-c4ccc5c(c4)C(c4ccccc4)(c4ccccc4)c4ccccc4O5)nc4ccccc34)cc2)cc1.c1ccc(C2(c3ccccc3)c3ccccc3Oc3c(-c4nc(-c5ccc6ccccc6c5)nc(-c5cccc6ccccc56)n4)cccc32)cc1. The van der Waals surface area contributed by atoms with Crippen LogP contribution >= 0.6 is 0 Å². The molecule has 0 N–H and O–H groups in total. The van der Waals surface area contributed by atoms with Crippen LogP contribution in [-0.2, 0) is 10.8 Å². The van der Waals surface area contributed by atoms with Gasteiger partial charge < -0.3 is 9.47 Å². The molecule has 2 aliphatic rings. The van der Waals surface area contributed by atoms with Gasteiger partial charge >= 0.3 is 0 Å². The van der Waals surface area contributed by atoms with E-state index in [1.807, 2.05) is 24.3 Å². The highest BCUT2D eigenvalue weighted by Gasteiger charge is 2.47. The summed E-state index contributed by atoms with van der Waals surface area (Å²) in [5.41, 5.74) is 16.5. The van der Waals surface area contributed by atoms with Gasteiger partial charge in [0.25, 0.3) is 0 Å². The van der Waals surface area contributed by atoms with E-state index in [2.05, 4.69) is 346 Å². The summed E-state index contributed by atoms with van der Waals surface area (Å²) < 4.78 is 13.6. The molecule has 17 aromatic rings. The predicted octanol–water partition coefficient (Wildman–Crippen LogP) is 22.8. The number of nitrogens with zero attached hydrogens (tertiary/aromatic N) is 5. The van der Waals surface area contributed by atoms with Crippen LogP contribution in [0.4, 0.5) is 0 Å². The topological polar surface area (TPSA) is 82.9 Å². The van der Waals surface area contributed by atoms with Crippen LogP contribution in [0.1, 0.15) is 44.5 Å². The number of hydrogen-bond acceptors (Lipinski definition) is 7. The summed E-state index contributed by atoms with van der Waals surface area (Å²) in [7, 11) is 0. The summed E-state index contributed by atoms with van der Waals surface area (Å²) in [5, 5.41) is 5.52. The molecule has 0 saturated heterocycles. The van der Waals surface area contributed by atoms with Crippen LogP contribution in [-0.4, -0.2) is 24.9 Å². The van der Waals surface area contributed by atoms with Crippen molar-refractivity contribution in [3.05, 3.63) is 415 Å². The van der Waals surface area contributed by atoms with E-state index < -0.39 is 10.8 Å². The Morgan fingerprint density at radius 3 is 1.30 bits per heavy atom. The number of aromatic nitrogens is 5. The highest BCUT2D eigenvalue weighted by molar-refractivity contribution is 5.97. The number of ether oxygens (including phenoxy) is 2. The second kappa shape index (κ2) is 25.1. The van der Waals surface area contributed by atoms with Crippen molar-refractivity contribution in [2.45, 2.75) is 10.8 Å². The molecule has 0 saturated carbocycles. The maximum absolute atomic E-state index is 6.98. The highest BCUT2D eigenvalue weighted by atomic mass is 16.5. The fourth-order valence-electron chi connectivity index (χ4n) is 15.1. The fraction of sp³-hybridized carbons (Fsp3) is 0.0215. The van der Waals surface area contributed by atoms with Gasteiger partial charge in [-0.3, -0.25) is 0 Å². The molecule has 4 heterocycles. The Morgan fingerprint density at radius 1 is 0.220 bits per heavy atom. The van der Waals surface area contributed by atoms with Gasteiger partial charge in [-0.1, -0.05) is 322 Å². The predicted molar refractivity (Wildman–Crippen MR) is 404 cm³/mol. The van der Waals surface area contributed by atoms with Crippen molar-refractivity contribution in [3.8, 4) is 90.9 Å². The molecule has 7 heteroatoms. The molecule has 0 radical (unpaired) electrons. The van der Waals surface area contributed by atoms with E-state index in [0.29, 0.717) is 23.3 Å². The minimum Gasteiger partial charge on any atom is -0.457 e. The first-order valence-corrected chi connectivity index (χ1v) is 33.8. The lowest BCUT2D eigenvalue weighted by molar-refractivity contribution is 0.434. The minimum atomic E-state index is -0.657. The third kappa shape index (κ3) is 10.2. The number of para-hydroxylation sites is 4. The van der Waals surface area contributed by atoms with Gasteiger partial charge in [0.1, 0.15) is 23.0 Å². The van der Waals surface area contributed by atoms with Crippen LogP contribution in [0.15, 0.2) is 370 Å². The van der Waals surface area contributed by atoms with Crippen molar-refractivity contribution in [2.24, 2.45) is 0 Å². The summed E-state index contributed by atoms with van der Waals surface area (Å²) in [4.78, 5) is 26.1. The number of rotatable bonds is 10. The van der Waals surface area contributed by atoms with Crippen molar-refractivity contribution in [3.63, 3.8) is 0 Å². The largest absolute Gasteiger partial charge is 0.457 e. The zero-order valence-electron chi connectivity index (χ0n) is 54.3. The first kappa shape index (κ1) is 59.3. The minimum absolute atomic E-state index is 0.548. The fourth-order valence-corrected chi connectivity index (χ4v) is 15.1. The third-order valence-corrected chi connectivity index (χ3v) is 19.7. The van der Waals surface area contributed by atoms with Crippen molar-refractivity contribution in [1.82, 2.24) is 24.9 Å². The van der Waals surface area contributed by atoms with Crippen molar-refractivity contribution in [2.75, 3.05) is 0 Å². The molecule has 19 rings (SSSR count). The molecule has 2 aliphatic heterocycles. The number of benzene rings is 15. The molecule has 0 spiro atoms. The normalized spacial score (nSPS) is 12.9. The molecule has 0 aliphatic carbocycles. The van der Waals surface area contributed by atoms with Gasteiger partial charge in [-0.15, -0.1) is 0 Å². The Morgan fingerprint density at radius 2 is 0.640 bits per heavy atom. The molecule has 0 unspecified atom stereocenters. The molecular weight excluding hydrogens is 1220 g/mol. The van der Waals surface area contributed by atoms with E-state index >= 15 is 0 Å². The molecule has 100 heavy (non-hydrogen) atoms. The molecular formula is C93H61N5O2. The maximum Gasteiger partial charge on any atom is 0.167 e. The second-order valence-corrected chi connectivity index (χ2v) is 25.3. The molecule has 0 fully saturated rings. The van der Waals surface area contributed by atoms with E-state index in [4.69, 9.17) is 34.4 Å². The van der Waals surface area contributed by atoms with Gasteiger partial charge in [0.05, 0.1) is 27.6 Å². The van der Waals surface area contributed by atoms with Crippen molar-refractivity contribution >= 4 is 32.4 Å². The van der Waals surface area contributed by atoms with Crippen LogP contribution in [0, 0.1) is 0 Å². The third-order valence-electron chi connectivity index (χ3n) is 19.7. The Bertz CT molecular complexity index is 5830. The summed E-state index contributed by atoms with van der Waals surface area (Å²) in [6.45, 7) is 0. The molecule has 0 atom stereocenters. The molecule has 0 amide bonds. The number of hydrogen-bond donors (Lipinski definition) is 0. The van der Waals surface area contributed by atoms with Crippen molar-refractivity contribution in [1.29, 1.82) is 0 Å². The van der Waals surface area contributed by atoms with Gasteiger partial charge in [-0.05, 0) is 103 Å². The lowest BCUT2D eigenvalue weighted by atomic mass is 9.63. The average molecular weight is 1280 g/mol. The summed E-state index contributed by atoms with van der Waals surface area (Å²) >= 11 is 0. The summed E-state index contributed by atoms with van der Waals surface area (Å²) in [6.07, 6.45) is 0. The van der Waals surface area contributed by atoms with Crippen LogP contribution in [0.5, 0.6) is 23.0 Å². The summed E-state index contributed by atoms with van der Waals surface area (Å²) in [6, 6.07) is 129. The standard InChI is InChI=1S/C48H31N3O.C45H30N2O/c1-3-19-36(20-4-1)48(37-21-5-2-6-22-37)41-26-11-12-28-43(41)52-44-40(25-14-27-42(44)48)47-50-45(35-30-29-32-15-7-8-17-34(32)31-35)49-46(51-47)39-24-13-18-33-16-9-10-23-38(33)39;1-4-14-31(15-5-1)32-24-26-33(27-25-32)43-37-20-10-12-22-40(37)46-44(47-43)34-28-29-42-39(30-34)45(35-16-6-2-7-17-35,36-18-8-3-9-19-36)38-21-11-13-23-41(38)48-42/h1-31H;1-30H. The van der Waals surface area contributed by atoms with Crippen LogP contribution in [0.25, 0.3) is 100 Å². The Labute approximate surface area is 579 Å². The van der Waals surface area contributed by atoms with Crippen LogP contribution < -0.4 is 9.47 Å². The van der Waals surface area contributed by atoms with Gasteiger partial charge in [-0.25, -0.2) is 24.9 Å². The average Bonchev–Trinajstić information content (AvgIpc) is 0.774. The van der Waals surface area contributed by atoms with Crippen molar-refractivity contribution < 1.29 is 9.47 Å². The first-order valence-electron chi connectivity index (χ1n) is 33.8. The lowest BCUT2D eigenvalue weighted by Gasteiger charge is -2.42. The monoisotopic (exact) mass is 1280 g/mol. The molecule has 15 aromatic carbocycles.